The van der Waals surface area contributed by atoms with Crippen molar-refractivity contribution >= 4 is 11.8 Å². The van der Waals surface area contributed by atoms with Crippen LogP contribution in [0.3, 0.4) is 0 Å². The van der Waals surface area contributed by atoms with Crippen LogP contribution in [0.5, 0.6) is 5.75 Å². The number of phenols is 1. The Morgan fingerprint density at radius 2 is 1.85 bits per heavy atom. The van der Waals surface area contributed by atoms with E-state index in [4.69, 9.17) is 6.42 Å². The Bertz CT molecular complexity index is 983. The standard InChI is InChI=1S/C25H22OS/c1-4-20-9-8-10-21(15-20)16-24(22-11-6-5-7-12-22)19(3)27-25-17-23(26)14-13-18(25)2/h1,5-15,17,24,26H,3,16H2,2H3. The minimum atomic E-state index is 0.144. The molecule has 1 unspecified atom stereocenters. The Hall–Kier alpha value is -2.89. The zero-order valence-electron chi connectivity index (χ0n) is 15.4. The van der Waals surface area contributed by atoms with E-state index in [-0.39, 0.29) is 11.7 Å². The van der Waals surface area contributed by atoms with Crippen molar-refractivity contribution in [3.63, 3.8) is 0 Å². The van der Waals surface area contributed by atoms with Gasteiger partial charge < -0.3 is 5.11 Å². The van der Waals surface area contributed by atoms with Crippen LogP contribution in [0.4, 0.5) is 0 Å². The molecule has 0 radical (unpaired) electrons. The van der Waals surface area contributed by atoms with Gasteiger partial charge in [0.15, 0.2) is 0 Å². The first-order valence-electron chi connectivity index (χ1n) is 8.83. The Morgan fingerprint density at radius 1 is 1.07 bits per heavy atom. The number of allylic oxidation sites excluding steroid dienone is 1. The van der Waals surface area contributed by atoms with E-state index in [2.05, 4.69) is 48.9 Å². The van der Waals surface area contributed by atoms with Crippen molar-refractivity contribution in [1.82, 2.24) is 0 Å². The predicted molar refractivity (Wildman–Crippen MR) is 115 cm³/mol. The number of thioether (sulfide) groups is 1. The summed E-state index contributed by atoms with van der Waals surface area (Å²) in [5.41, 5.74) is 4.43. The SMILES string of the molecule is C#Cc1cccc(CC(C(=C)Sc2cc(O)ccc2C)c2ccccc2)c1. The highest BCUT2D eigenvalue weighted by atomic mass is 32.2. The summed E-state index contributed by atoms with van der Waals surface area (Å²) < 4.78 is 0. The van der Waals surface area contributed by atoms with E-state index in [1.165, 1.54) is 11.1 Å². The molecule has 3 rings (SSSR count). The molecule has 27 heavy (non-hydrogen) atoms. The third-order valence-electron chi connectivity index (χ3n) is 4.54. The van der Waals surface area contributed by atoms with Crippen LogP contribution >= 0.6 is 11.8 Å². The van der Waals surface area contributed by atoms with Crippen LogP contribution in [-0.4, -0.2) is 5.11 Å². The number of aryl methyl sites for hydroxylation is 1. The number of hydrogen-bond acceptors (Lipinski definition) is 2. The summed E-state index contributed by atoms with van der Waals surface area (Å²) in [7, 11) is 0. The lowest BCUT2D eigenvalue weighted by molar-refractivity contribution is 0.473. The maximum Gasteiger partial charge on any atom is 0.116 e. The van der Waals surface area contributed by atoms with E-state index < -0.39 is 0 Å². The second-order valence-corrected chi connectivity index (χ2v) is 7.70. The van der Waals surface area contributed by atoms with Crippen LogP contribution in [0.15, 0.2) is 89.2 Å². The van der Waals surface area contributed by atoms with E-state index >= 15 is 0 Å². The van der Waals surface area contributed by atoms with E-state index in [1.54, 1.807) is 23.9 Å². The zero-order valence-corrected chi connectivity index (χ0v) is 16.2. The smallest absolute Gasteiger partial charge is 0.116 e. The fraction of sp³-hybridized carbons (Fsp3) is 0.120. The summed E-state index contributed by atoms with van der Waals surface area (Å²) in [4.78, 5) is 2.07. The highest BCUT2D eigenvalue weighted by molar-refractivity contribution is 8.03. The van der Waals surface area contributed by atoms with Gasteiger partial charge in [0.05, 0.1) is 0 Å². The molecule has 3 aromatic rings. The van der Waals surface area contributed by atoms with Crippen LogP contribution in [0.25, 0.3) is 0 Å². The van der Waals surface area contributed by atoms with Crippen molar-refractivity contribution in [2.24, 2.45) is 0 Å². The summed E-state index contributed by atoms with van der Waals surface area (Å²) in [5.74, 6) is 3.12. The van der Waals surface area contributed by atoms with Crippen LogP contribution in [0, 0.1) is 19.3 Å². The van der Waals surface area contributed by atoms with Crippen LogP contribution < -0.4 is 0 Å². The first kappa shape index (κ1) is 18.9. The Kier molecular flexibility index (Phi) is 6.06. The second-order valence-electron chi connectivity index (χ2n) is 6.53. The fourth-order valence-corrected chi connectivity index (χ4v) is 4.09. The molecule has 1 atom stereocenters. The number of benzene rings is 3. The van der Waals surface area contributed by atoms with Crippen molar-refractivity contribution in [3.05, 3.63) is 107 Å². The maximum atomic E-state index is 9.84. The Morgan fingerprint density at radius 3 is 2.59 bits per heavy atom. The van der Waals surface area contributed by atoms with Gasteiger partial charge in [0.1, 0.15) is 5.75 Å². The molecule has 0 saturated carbocycles. The summed E-state index contributed by atoms with van der Waals surface area (Å²) in [6.45, 7) is 6.42. The minimum absolute atomic E-state index is 0.144. The topological polar surface area (TPSA) is 20.2 Å². The normalized spacial score (nSPS) is 11.6. The van der Waals surface area contributed by atoms with Crippen molar-refractivity contribution in [1.29, 1.82) is 0 Å². The molecule has 3 aromatic carbocycles. The molecule has 1 nitrogen and oxygen atoms in total. The Balaban J connectivity index is 1.91. The number of terminal acetylenes is 1. The molecule has 0 aliphatic heterocycles. The average molecular weight is 371 g/mol. The van der Waals surface area contributed by atoms with Gasteiger partial charge >= 0.3 is 0 Å². The average Bonchev–Trinajstić information content (AvgIpc) is 2.69. The number of hydrogen-bond donors (Lipinski definition) is 1. The summed E-state index contributed by atoms with van der Waals surface area (Å²) in [5, 5.41) is 9.84. The quantitative estimate of drug-likeness (QED) is 0.405. The highest BCUT2D eigenvalue weighted by Crippen LogP contribution is 2.40. The van der Waals surface area contributed by atoms with Gasteiger partial charge in [-0.25, -0.2) is 0 Å². The third kappa shape index (κ3) is 4.84. The van der Waals surface area contributed by atoms with Crippen molar-refractivity contribution in [2.45, 2.75) is 24.2 Å². The molecule has 134 valence electrons. The van der Waals surface area contributed by atoms with Gasteiger partial charge in [0.2, 0.25) is 0 Å². The number of aromatic hydroxyl groups is 1. The highest BCUT2D eigenvalue weighted by Gasteiger charge is 2.18. The lowest BCUT2D eigenvalue weighted by Gasteiger charge is -2.21. The first-order valence-corrected chi connectivity index (χ1v) is 9.65. The molecule has 0 fully saturated rings. The molecule has 0 aliphatic carbocycles. The summed E-state index contributed by atoms with van der Waals surface area (Å²) in [6, 6.07) is 24.0. The molecular weight excluding hydrogens is 348 g/mol. The largest absolute Gasteiger partial charge is 0.508 e. The molecule has 0 saturated heterocycles. The second kappa shape index (κ2) is 8.66. The number of rotatable bonds is 6. The van der Waals surface area contributed by atoms with E-state index in [1.807, 2.05) is 31.2 Å². The Labute approximate surface area is 165 Å². The van der Waals surface area contributed by atoms with Crippen molar-refractivity contribution in [2.75, 3.05) is 0 Å². The molecule has 0 bridgehead atoms. The molecular formula is C25H22OS. The minimum Gasteiger partial charge on any atom is -0.508 e. The van der Waals surface area contributed by atoms with Gasteiger partial charge in [-0.1, -0.05) is 72.8 Å². The van der Waals surface area contributed by atoms with Gasteiger partial charge in [0, 0.05) is 16.4 Å². The molecule has 0 amide bonds. The van der Waals surface area contributed by atoms with Crippen LogP contribution in [0.1, 0.15) is 28.2 Å². The molecule has 2 heteroatoms. The molecule has 0 aromatic heterocycles. The predicted octanol–water partition coefficient (Wildman–Crippen LogP) is 6.31. The maximum absolute atomic E-state index is 9.84. The first-order chi connectivity index (χ1) is 13.1. The lowest BCUT2D eigenvalue weighted by Crippen LogP contribution is -2.04. The van der Waals surface area contributed by atoms with Gasteiger partial charge in [-0.15, -0.1) is 6.42 Å². The molecule has 0 spiro atoms. The fourth-order valence-electron chi connectivity index (χ4n) is 3.04. The van der Waals surface area contributed by atoms with Crippen LogP contribution in [0.2, 0.25) is 0 Å². The molecule has 1 N–H and O–H groups in total. The monoisotopic (exact) mass is 370 g/mol. The summed E-state index contributed by atoms with van der Waals surface area (Å²) in [6.07, 6.45) is 6.38. The molecule has 0 heterocycles. The zero-order chi connectivity index (χ0) is 19.2. The van der Waals surface area contributed by atoms with Gasteiger partial charge in [0.25, 0.3) is 0 Å². The van der Waals surface area contributed by atoms with E-state index in [0.29, 0.717) is 0 Å². The summed E-state index contributed by atoms with van der Waals surface area (Å²) >= 11 is 1.62. The van der Waals surface area contributed by atoms with Crippen molar-refractivity contribution in [3.8, 4) is 18.1 Å². The number of phenolic OH excluding ortho intramolecular Hbond substituents is 1. The van der Waals surface area contributed by atoms with Gasteiger partial charge in [-0.05, 0) is 59.2 Å². The lowest BCUT2D eigenvalue weighted by atomic mass is 9.91. The molecule has 0 aliphatic rings. The third-order valence-corrected chi connectivity index (χ3v) is 5.74. The van der Waals surface area contributed by atoms with Crippen molar-refractivity contribution < 1.29 is 5.11 Å². The van der Waals surface area contributed by atoms with E-state index in [0.717, 1.165) is 27.3 Å². The van der Waals surface area contributed by atoms with Gasteiger partial charge in [-0.3, -0.25) is 0 Å². The van der Waals surface area contributed by atoms with Gasteiger partial charge in [-0.2, -0.15) is 0 Å². The van der Waals surface area contributed by atoms with E-state index in [9.17, 15) is 5.11 Å². The van der Waals surface area contributed by atoms with Crippen LogP contribution in [-0.2, 0) is 6.42 Å².